The fourth-order valence-corrected chi connectivity index (χ4v) is 1.00. The average molecular weight is 240 g/mol. The van der Waals surface area contributed by atoms with Crippen molar-refractivity contribution in [2.75, 3.05) is 20.3 Å². The Balaban J connectivity index is 3.70. The summed E-state index contributed by atoms with van der Waals surface area (Å²) >= 11 is 0. The highest BCUT2D eigenvalue weighted by atomic mass is 19.3. The number of hydrogen-bond acceptors (Lipinski definition) is 4. The zero-order valence-electron chi connectivity index (χ0n) is 9.16. The molecule has 0 aromatic rings. The first-order chi connectivity index (χ1) is 7.49. The smallest absolute Gasteiger partial charge is 0.265 e. The summed E-state index contributed by atoms with van der Waals surface area (Å²) in [4.78, 5) is 11.2. The van der Waals surface area contributed by atoms with Gasteiger partial charge in [-0.2, -0.15) is 0 Å². The number of aliphatic hydroxyl groups is 1. The molecule has 0 spiro atoms. The monoisotopic (exact) mass is 240 g/mol. The quantitative estimate of drug-likeness (QED) is 0.498. The minimum atomic E-state index is -2.87. The molecule has 0 radical (unpaired) electrons. The van der Waals surface area contributed by atoms with Crippen molar-refractivity contribution in [1.29, 1.82) is 0 Å². The molecule has 0 bridgehead atoms. The molecule has 0 heterocycles. The summed E-state index contributed by atoms with van der Waals surface area (Å²) in [6.45, 7) is -0.00484. The largest absolute Gasteiger partial charge is 0.385 e. The van der Waals surface area contributed by atoms with E-state index in [-0.39, 0.29) is 0 Å². The van der Waals surface area contributed by atoms with Crippen molar-refractivity contribution in [2.24, 2.45) is 5.73 Å². The topological polar surface area (TPSA) is 84.6 Å². The van der Waals surface area contributed by atoms with Crippen LogP contribution in [0.4, 0.5) is 8.78 Å². The number of halogens is 2. The fourth-order valence-electron chi connectivity index (χ4n) is 1.00. The van der Waals surface area contributed by atoms with Crippen molar-refractivity contribution in [3.63, 3.8) is 0 Å². The lowest BCUT2D eigenvalue weighted by Crippen LogP contribution is -2.44. The van der Waals surface area contributed by atoms with Crippen molar-refractivity contribution in [3.05, 3.63) is 0 Å². The average Bonchev–Trinajstić information content (AvgIpc) is 2.25. The standard InChI is InChI=1S/C9H18F2N2O3/c1-16-4-2-3-6(12)9(15)13-5-7(14)8(10)11/h6-8,14H,2-5,12H2,1H3,(H,13,15). The van der Waals surface area contributed by atoms with E-state index in [0.29, 0.717) is 19.4 Å². The third-order valence-corrected chi connectivity index (χ3v) is 1.98. The third kappa shape index (κ3) is 6.65. The Kier molecular flexibility index (Phi) is 7.96. The van der Waals surface area contributed by atoms with E-state index in [1.165, 1.54) is 7.11 Å². The van der Waals surface area contributed by atoms with Gasteiger partial charge in [0.05, 0.1) is 6.04 Å². The van der Waals surface area contributed by atoms with Crippen LogP contribution >= 0.6 is 0 Å². The van der Waals surface area contributed by atoms with Crippen molar-refractivity contribution >= 4 is 5.91 Å². The van der Waals surface area contributed by atoms with E-state index >= 15 is 0 Å². The molecule has 5 nitrogen and oxygen atoms in total. The Morgan fingerprint density at radius 1 is 1.56 bits per heavy atom. The predicted octanol–water partition coefficient (Wildman–Crippen LogP) is -0.517. The van der Waals surface area contributed by atoms with Crippen molar-refractivity contribution in [3.8, 4) is 0 Å². The second-order valence-corrected chi connectivity index (χ2v) is 3.39. The highest BCUT2D eigenvalue weighted by molar-refractivity contribution is 5.81. The number of aliphatic hydroxyl groups excluding tert-OH is 1. The first-order valence-electron chi connectivity index (χ1n) is 4.97. The summed E-state index contributed by atoms with van der Waals surface area (Å²) in [5, 5.41) is 10.9. The number of amides is 1. The molecule has 0 aliphatic heterocycles. The Morgan fingerprint density at radius 3 is 2.69 bits per heavy atom. The van der Waals surface area contributed by atoms with Gasteiger partial charge in [0.2, 0.25) is 5.91 Å². The number of ether oxygens (including phenoxy) is 1. The van der Waals surface area contributed by atoms with Crippen molar-refractivity contribution in [2.45, 2.75) is 31.4 Å². The second kappa shape index (κ2) is 8.37. The maximum Gasteiger partial charge on any atom is 0.265 e. The molecule has 4 N–H and O–H groups in total. The summed E-state index contributed by atoms with van der Waals surface area (Å²) in [6.07, 6.45) is -3.70. The van der Waals surface area contributed by atoms with Gasteiger partial charge in [0, 0.05) is 20.3 Å². The third-order valence-electron chi connectivity index (χ3n) is 1.98. The number of rotatable bonds is 8. The summed E-state index contributed by atoms with van der Waals surface area (Å²) in [7, 11) is 1.53. The molecule has 0 aliphatic rings. The molecule has 0 saturated carbocycles. The zero-order valence-corrected chi connectivity index (χ0v) is 9.16. The molecule has 96 valence electrons. The van der Waals surface area contributed by atoms with Gasteiger partial charge in [0.25, 0.3) is 6.43 Å². The molecule has 16 heavy (non-hydrogen) atoms. The number of nitrogens with one attached hydrogen (secondary N) is 1. The van der Waals surface area contributed by atoms with Crippen LogP contribution in [0.25, 0.3) is 0 Å². The number of carbonyl (C=O) groups is 1. The molecule has 0 fully saturated rings. The molecular weight excluding hydrogens is 222 g/mol. The summed E-state index contributed by atoms with van der Waals surface area (Å²) in [5.41, 5.74) is 5.48. The first-order valence-corrected chi connectivity index (χ1v) is 4.97. The molecule has 0 rings (SSSR count). The number of hydrogen-bond donors (Lipinski definition) is 3. The SMILES string of the molecule is COCCCC(N)C(=O)NCC(O)C(F)F. The van der Waals surface area contributed by atoms with Gasteiger partial charge in [-0.15, -0.1) is 0 Å². The van der Waals surface area contributed by atoms with Crippen LogP contribution in [0.2, 0.25) is 0 Å². The maximum absolute atomic E-state index is 11.9. The lowest BCUT2D eigenvalue weighted by molar-refractivity contribution is -0.123. The second-order valence-electron chi connectivity index (χ2n) is 3.39. The van der Waals surface area contributed by atoms with Gasteiger partial charge < -0.3 is 20.9 Å². The minimum absolute atomic E-state index is 0.407. The van der Waals surface area contributed by atoms with Crippen LogP contribution in [0.3, 0.4) is 0 Å². The van der Waals surface area contributed by atoms with Gasteiger partial charge in [-0.1, -0.05) is 0 Å². The molecule has 1 amide bonds. The number of carbonyl (C=O) groups excluding carboxylic acids is 1. The first kappa shape index (κ1) is 15.2. The van der Waals surface area contributed by atoms with Gasteiger partial charge >= 0.3 is 0 Å². The lowest BCUT2D eigenvalue weighted by Gasteiger charge is -2.14. The highest BCUT2D eigenvalue weighted by Gasteiger charge is 2.19. The van der Waals surface area contributed by atoms with Gasteiger partial charge in [0.1, 0.15) is 6.10 Å². The van der Waals surface area contributed by atoms with Crippen LogP contribution in [0.15, 0.2) is 0 Å². The molecule has 0 saturated heterocycles. The van der Waals surface area contributed by atoms with Gasteiger partial charge in [-0.25, -0.2) is 8.78 Å². The number of methoxy groups -OCH3 is 1. The van der Waals surface area contributed by atoms with Crippen LogP contribution in [-0.4, -0.2) is 49.8 Å². The summed E-state index contributed by atoms with van der Waals surface area (Å²) < 4.78 is 28.5. The zero-order chi connectivity index (χ0) is 12.6. The van der Waals surface area contributed by atoms with E-state index in [0.717, 1.165) is 0 Å². The van der Waals surface area contributed by atoms with E-state index in [4.69, 9.17) is 15.6 Å². The van der Waals surface area contributed by atoms with Gasteiger partial charge in [-0.3, -0.25) is 4.79 Å². The molecule has 0 aromatic heterocycles. The van der Waals surface area contributed by atoms with Crippen molar-refractivity contribution in [1.82, 2.24) is 5.32 Å². The van der Waals surface area contributed by atoms with E-state index in [9.17, 15) is 13.6 Å². The normalized spacial score (nSPS) is 14.9. The van der Waals surface area contributed by atoms with Crippen LogP contribution in [0.1, 0.15) is 12.8 Å². The van der Waals surface area contributed by atoms with E-state index in [1.54, 1.807) is 0 Å². The lowest BCUT2D eigenvalue weighted by atomic mass is 10.1. The Morgan fingerprint density at radius 2 is 2.19 bits per heavy atom. The fraction of sp³-hybridized carbons (Fsp3) is 0.889. The van der Waals surface area contributed by atoms with Gasteiger partial charge in [0.15, 0.2) is 0 Å². The Hall–Kier alpha value is -0.790. The van der Waals surface area contributed by atoms with Gasteiger partial charge in [-0.05, 0) is 12.8 Å². The van der Waals surface area contributed by atoms with Crippen molar-refractivity contribution < 1.29 is 23.4 Å². The van der Waals surface area contributed by atoms with Crippen LogP contribution in [0.5, 0.6) is 0 Å². The summed E-state index contributed by atoms with van der Waals surface area (Å²) in [6, 6.07) is -0.764. The number of alkyl halides is 2. The van der Waals surface area contributed by atoms with E-state index < -0.39 is 31.0 Å². The Bertz CT molecular complexity index is 205. The molecule has 0 aliphatic carbocycles. The van der Waals surface area contributed by atoms with E-state index in [1.807, 2.05) is 0 Å². The molecule has 2 atom stereocenters. The highest BCUT2D eigenvalue weighted by Crippen LogP contribution is 1.99. The number of nitrogens with two attached hydrogens (primary N) is 1. The molecule has 0 aromatic carbocycles. The minimum Gasteiger partial charge on any atom is -0.385 e. The summed E-state index contributed by atoms with van der Waals surface area (Å²) in [5.74, 6) is -0.546. The molecule has 7 heteroatoms. The Labute approximate surface area is 92.9 Å². The van der Waals surface area contributed by atoms with E-state index in [2.05, 4.69) is 5.32 Å². The molecular formula is C9H18F2N2O3. The predicted molar refractivity (Wildman–Crippen MR) is 54.1 cm³/mol. The maximum atomic E-state index is 11.9. The van der Waals surface area contributed by atoms with Crippen LogP contribution in [0, 0.1) is 0 Å². The van der Waals surface area contributed by atoms with Crippen LogP contribution in [-0.2, 0) is 9.53 Å². The van der Waals surface area contributed by atoms with Crippen LogP contribution < -0.4 is 11.1 Å². The molecule has 2 unspecified atom stereocenters.